The molecule has 1 aromatic rings. The van der Waals surface area contributed by atoms with E-state index in [9.17, 15) is 23.6 Å². The highest BCUT2D eigenvalue weighted by molar-refractivity contribution is 7.89. The molecule has 2 rings (SSSR count). The van der Waals surface area contributed by atoms with Gasteiger partial charge in [-0.25, -0.2) is 8.42 Å². The van der Waals surface area contributed by atoms with Gasteiger partial charge < -0.3 is 5.11 Å². The smallest absolute Gasteiger partial charge is 0.273 e. The van der Waals surface area contributed by atoms with Gasteiger partial charge in [-0.15, -0.1) is 0 Å². The lowest BCUT2D eigenvalue weighted by molar-refractivity contribution is -0.385. The van der Waals surface area contributed by atoms with Crippen LogP contribution in [0.5, 0.6) is 0 Å². The topological polar surface area (TPSA) is 101 Å². The van der Waals surface area contributed by atoms with Crippen LogP contribution in [0.4, 0.5) is 5.69 Å². The average Bonchev–Trinajstić information content (AvgIpc) is 2.38. The highest BCUT2D eigenvalue weighted by Gasteiger charge is 2.34. The molecule has 0 bridgehead atoms. The van der Waals surface area contributed by atoms with Gasteiger partial charge in [-0.1, -0.05) is 6.07 Å². The zero-order valence-corrected chi connectivity index (χ0v) is 12.8. The molecule has 1 aliphatic heterocycles. The second-order valence-electron chi connectivity index (χ2n) is 5.61. The largest absolute Gasteiger partial charge is 0.390 e. The number of aliphatic hydroxyl groups is 1. The Morgan fingerprint density at radius 1 is 1.33 bits per heavy atom. The molecule has 1 aliphatic rings. The monoisotopic (exact) mass is 314 g/mol. The van der Waals surface area contributed by atoms with Crippen molar-refractivity contribution in [2.45, 2.75) is 37.2 Å². The van der Waals surface area contributed by atoms with E-state index in [1.807, 2.05) is 0 Å². The van der Waals surface area contributed by atoms with E-state index in [1.54, 1.807) is 13.8 Å². The maximum atomic E-state index is 12.5. The Labute approximate surface area is 123 Å². The van der Waals surface area contributed by atoms with E-state index < -0.39 is 20.5 Å². The molecule has 0 atom stereocenters. The summed E-state index contributed by atoms with van der Waals surface area (Å²) in [6.45, 7) is 3.65. The predicted octanol–water partition coefficient (Wildman–Crippen LogP) is 1.44. The second kappa shape index (κ2) is 5.36. The van der Waals surface area contributed by atoms with Crippen LogP contribution in [0.25, 0.3) is 0 Å². The van der Waals surface area contributed by atoms with E-state index >= 15 is 0 Å². The summed E-state index contributed by atoms with van der Waals surface area (Å²) in [6, 6.07) is 3.91. The van der Waals surface area contributed by atoms with Crippen LogP contribution in [-0.4, -0.2) is 41.4 Å². The second-order valence-corrected chi connectivity index (χ2v) is 7.54. The molecule has 8 heteroatoms. The third-order valence-corrected chi connectivity index (χ3v) is 5.71. The molecule has 1 aromatic carbocycles. The third kappa shape index (κ3) is 3.22. The number of piperidine rings is 1. The Morgan fingerprint density at radius 3 is 2.43 bits per heavy atom. The summed E-state index contributed by atoms with van der Waals surface area (Å²) in [5.74, 6) is 0. The molecule has 0 radical (unpaired) electrons. The van der Waals surface area contributed by atoms with Gasteiger partial charge in [0.2, 0.25) is 10.0 Å². The van der Waals surface area contributed by atoms with Crippen LogP contribution in [0.15, 0.2) is 23.1 Å². The molecule has 0 saturated carbocycles. The summed E-state index contributed by atoms with van der Waals surface area (Å²) in [6.07, 6.45) is 0.695. The zero-order valence-electron chi connectivity index (χ0n) is 11.9. The number of aryl methyl sites for hydroxylation is 1. The molecular formula is C13H18N2O5S. The molecule has 0 spiro atoms. The molecule has 1 fully saturated rings. The van der Waals surface area contributed by atoms with Crippen molar-refractivity contribution >= 4 is 15.7 Å². The summed E-state index contributed by atoms with van der Waals surface area (Å²) in [5, 5.41) is 20.8. The number of sulfonamides is 1. The normalized spacial score (nSPS) is 19.4. The number of nitro groups is 1. The summed E-state index contributed by atoms with van der Waals surface area (Å²) < 4.78 is 26.3. The average molecular weight is 314 g/mol. The van der Waals surface area contributed by atoms with Crippen molar-refractivity contribution in [3.63, 3.8) is 0 Å². The van der Waals surface area contributed by atoms with Gasteiger partial charge in [0.05, 0.1) is 15.4 Å². The summed E-state index contributed by atoms with van der Waals surface area (Å²) in [7, 11) is -3.77. The van der Waals surface area contributed by atoms with Gasteiger partial charge in [0.1, 0.15) is 0 Å². The number of nitrogens with zero attached hydrogens (tertiary/aromatic N) is 2. The number of hydrogen-bond donors (Lipinski definition) is 1. The first-order valence-corrected chi connectivity index (χ1v) is 8.05. The van der Waals surface area contributed by atoms with Crippen LogP contribution in [0.2, 0.25) is 0 Å². The molecule has 1 saturated heterocycles. The first-order valence-electron chi connectivity index (χ1n) is 6.61. The van der Waals surface area contributed by atoms with Crippen molar-refractivity contribution in [1.29, 1.82) is 0 Å². The first-order chi connectivity index (χ1) is 9.63. The zero-order chi connectivity index (χ0) is 15.8. The highest BCUT2D eigenvalue weighted by atomic mass is 32.2. The minimum atomic E-state index is -3.77. The maximum absolute atomic E-state index is 12.5. The standard InChI is InChI=1S/C13H18N2O5S/c1-10-3-4-11(9-12(10)15(17)18)21(19,20)14-7-5-13(2,16)6-8-14/h3-4,9,16H,5-8H2,1-2H3. The molecular weight excluding hydrogens is 296 g/mol. The molecule has 0 amide bonds. The quantitative estimate of drug-likeness (QED) is 0.672. The fourth-order valence-corrected chi connectivity index (χ4v) is 3.77. The number of hydrogen-bond acceptors (Lipinski definition) is 5. The minimum absolute atomic E-state index is 0.0821. The Bertz CT molecular complexity index is 659. The van der Waals surface area contributed by atoms with Crippen molar-refractivity contribution in [1.82, 2.24) is 4.31 Å². The van der Waals surface area contributed by atoms with Crippen molar-refractivity contribution in [2.24, 2.45) is 0 Å². The van der Waals surface area contributed by atoms with Crippen molar-refractivity contribution in [3.8, 4) is 0 Å². The van der Waals surface area contributed by atoms with E-state index in [4.69, 9.17) is 0 Å². The Hall–Kier alpha value is -1.51. The molecule has 21 heavy (non-hydrogen) atoms. The van der Waals surface area contributed by atoms with Gasteiger partial charge in [0.15, 0.2) is 0 Å². The fourth-order valence-electron chi connectivity index (χ4n) is 2.30. The number of rotatable bonds is 3. The van der Waals surface area contributed by atoms with Crippen LogP contribution >= 0.6 is 0 Å². The fraction of sp³-hybridized carbons (Fsp3) is 0.538. The lowest BCUT2D eigenvalue weighted by Gasteiger charge is -2.34. The lowest BCUT2D eigenvalue weighted by atomic mass is 9.95. The Kier molecular flexibility index (Phi) is 4.05. The van der Waals surface area contributed by atoms with Crippen molar-refractivity contribution in [3.05, 3.63) is 33.9 Å². The molecule has 1 N–H and O–H groups in total. The van der Waals surface area contributed by atoms with Crippen molar-refractivity contribution in [2.75, 3.05) is 13.1 Å². The van der Waals surface area contributed by atoms with Gasteiger partial charge in [-0.2, -0.15) is 4.31 Å². The molecule has 116 valence electrons. The van der Waals surface area contributed by atoms with E-state index in [0.717, 1.165) is 6.07 Å². The minimum Gasteiger partial charge on any atom is -0.390 e. The van der Waals surface area contributed by atoms with Crippen LogP contribution in [0.3, 0.4) is 0 Å². The van der Waals surface area contributed by atoms with Crippen LogP contribution in [0.1, 0.15) is 25.3 Å². The van der Waals surface area contributed by atoms with Crippen LogP contribution in [-0.2, 0) is 10.0 Å². The lowest BCUT2D eigenvalue weighted by Crippen LogP contribution is -2.45. The van der Waals surface area contributed by atoms with Crippen molar-refractivity contribution < 1.29 is 18.4 Å². The van der Waals surface area contributed by atoms with E-state index in [2.05, 4.69) is 0 Å². The maximum Gasteiger partial charge on any atom is 0.273 e. The SMILES string of the molecule is Cc1ccc(S(=O)(=O)N2CCC(C)(O)CC2)cc1[N+](=O)[O-]. The Morgan fingerprint density at radius 2 is 1.90 bits per heavy atom. The van der Waals surface area contributed by atoms with Gasteiger partial charge >= 0.3 is 0 Å². The Balaban J connectivity index is 2.33. The first kappa shape index (κ1) is 15.9. The summed E-state index contributed by atoms with van der Waals surface area (Å²) in [4.78, 5) is 10.3. The molecule has 0 unspecified atom stereocenters. The van der Waals surface area contributed by atoms with Crippen LogP contribution in [0, 0.1) is 17.0 Å². The summed E-state index contributed by atoms with van der Waals surface area (Å²) >= 11 is 0. The number of benzene rings is 1. The molecule has 0 aliphatic carbocycles. The van der Waals surface area contributed by atoms with E-state index in [-0.39, 0.29) is 23.7 Å². The van der Waals surface area contributed by atoms with E-state index in [1.165, 1.54) is 16.4 Å². The number of nitro benzene ring substituents is 1. The van der Waals surface area contributed by atoms with Gasteiger partial charge in [0, 0.05) is 24.7 Å². The molecule has 1 heterocycles. The van der Waals surface area contributed by atoms with E-state index in [0.29, 0.717) is 18.4 Å². The van der Waals surface area contributed by atoms with Gasteiger partial charge in [-0.05, 0) is 32.8 Å². The summed E-state index contributed by atoms with van der Waals surface area (Å²) in [5.41, 5.74) is -0.647. The molecule has 0 aromatic heterocycles. The predicted molar refractivity (Wildman–Crippen MR) is 76.5 cm³/mol. The third-order valence-electron chi connectivity index (χ3n) is 3.81. The highest BCUT2D eigenvalue weighted by Crippen LogP contribution is 2.28. The van der Waals surface area contributed by atoms with Crippen LogP contribution < -0.4 is 0 Å². The van der Waals surface area contributed by atoms with Gasteiger partial charge in [-0.3, -0.25) is 10.1 Å². The van der Waals surface area contributed by atoms with Gasteiger partial charge in [0.25, 0.3) is 5.69 Å². The molecule has 7 nitrogen and oxygen atoms in total.